The van der Waals surface area contributed by atoms with Gasteiger partial charge in [0.25, 0.3) is 0 Å². The number of fused-ring (bicyclic) bond motifs is 1. The molecule has 0 N–H and O–H groups in total. The number of anilines is 1. The molecule has 0 amide bonds. The Morgan fingerprint density at radius 1 is 1.14 bits per heavy atom. The fraction of sp³-hybridized carbons (Fsp3) is 0.650. The van der Waals surface area contributed by atoms with Gasteiger partial charge in [0.1, 0.15) is 24.6 Å². The van der Waals surface area contributed by atoms with Gasteiger partial charge in [-0.15, -0.1) is 0 Å². The van der Waals surface area contributed by atoms with Crippen molar-refractivity contribution in [1.29, 1.82) is 0 Å². The van der Waals surface area contributed by atoms with Crippen molar-refractivity contribution in [1.82, 2.24) is 24.4 Å². The van der Waals surface area contributed by atoms with Crippen LogP contribution in [0.3, 0.4) is 0 Å². The van der Waals surface area contributed by atoms with Crippen LogP contribution in [0.25, 0.3) is 0 Å². The first-order chi connectivity index (χ1) is 13.8. The number of methoxy groups -OCH3 is 1. The largest absolute Gasteiger partial charge is 0.481 e. The molecule has 2 fully saturated rings. The van der Waals surface area contributed by atoms with Crippen LogP contribution in [0.15, 0.2) is 18.6 Å². The third-order valence-corrected chi connectivity index (χ3v) is 5.99. The van der Waals surface area contributed by atoms with Gasteiger partial charge in [-0.05, 0) is 25.7 Å². The molecular weight excluding hydrogens is 356 g/mol. The van der Waals surface area contributed by atoms with Gasteiger partial charge in [-0.1, -0.05) is 0 Å². The van der Waals surface area contributed by atoms with Gasteiger partial charge < -0.3 is 18.9 Å². The molecule has 2 aliphatic heterocycles. The summed E-state index contributed by atoms with van der Waals surface area (Å²) in [6.45, 7) is 5.46. The lowest BCUT2D eigenvalue weighted by molar-refractivity contribution is 0.0816. The molecule has 1 aliphatic carbocycles. The molecule has 8 nitrogen and oxygen atoms in total. The predicted octanol–water partition coefficient (Wildman–Crippen LogP) is 1.85. The van der Waals surface area contributed by atoms with Crippen LogP contribution in [0, 0.1) is 0 Å². The highest BCUT2D eigenvalue weighted by Crippen LogP contribution is 2.36. The molecule has 0 bridgehead atoms. The van der Waals surface area contributed by atoms with E-state index < -0.39 is 0 Å². The maximum atomic E-state index is 5.50. The van der Waals surface area contributed by atoms with Gasteiger partial charge in [-0.25, -0.2) is 15.0 Å². The number of aromatic nitrogens is 4. The fourth-order valence-electron chi connectivity index (χ4n) is 4.42. The Labute approximate surface area is 165 Å². The standard InChI is InChI=1S/C20H28N6O2/c1-27-20-10-18(21-14-22-20)26(16-2-3-16)17-4-6-24(7-5-17)11-15-12-25-8-9-28-13-19(25)23-15/h10,12,14,16-17H,2-9,11,13H2,1H3. The second-order valence-electron chi connectivity index (χ2n) is 7.96. The van der Waals surface area contributed by atoms with Crippen LogP contribution in [-0.4, -0.2) is 63.3 Å². The van der Waals surface area contributed by atoms with Crippen molar-refractivity contribution in [3.63, 3.8) is 0 Å². The molecule has 8 heteroatoms. The molecule has 150 valence electrons. The van der Waals surface area contributed by atoms with Crippen molar-refractivity contribution in [2.75, 3.05) is 31.7 Å². The summed E-state index contributed by atoms with van der Waals surface area (Å²) in [6, 6.07) is 3.13. The maximum Gasteiger partial charge on any atom is 0.218 e. The number of likely N-dealkylation sites (tertiary alicyclic amines) is 1. The lowest BCUT2D eigenvalue weighted by Crippen LogP contribution is -2.46. The molecular formula is C20H28N6O2. The van der Waals surface area contributed by atoms with Crippen LogP contribution in [0.5, 0.6) is 5.88 Å². The van der Waals surface area contributed by atoms with Crippen LogP contribution in [0.1, 0.15) is 37.2 Å². The minimum atomic E-state index is 0.534. The first-order valence-corrected chi connectivity index (χ1v) is 10.3. The number of rotatable bonds is 6. The van der Waals surface area contributed by atoms with E-state index in [2.05, 4.69) is 30.5 Å². The Kier molecular flexibility index (Phi) is 4.90. The molecule has 3 aliphatic rings. The van der Waals surface area contributed by atoms with Crippen LogP contribution in [0.4, 0.5) is 5.82 Å². The Morgan fingerprint density at radius 3 is 2.71 bits per heavy atom. The molecule has 2 aromatic rings. The van der Waals surface area contributed by atoms with Crippen molar-refractivity contribution < 1.29 is 9.47 Å². The number of imidazole rings is 1. The van der Waals surface area contributed by atoms with E-state index >= 15 is 0 Å². The Morgan fingerprint density at radius 2 is 1.96 bits per heavy atom. The van der Waals surface area contributed by atoms with E-state index in [0.717, 1.165) is 57.3 Å². The van der Waals surface area contributed by atoms with Crippen molar-refractivity contribution in [3.05, 3.63) is 30.1 Å². The zero-order valence-corrected chi connectivity index (χ0v) is 16.5. The molecule has 1 saturated heterocycles. The zero-order chi connectivity index (χ0) is 18.9. The smallest absolute Gasteiger partial charge is 0.218 e. The van der Waals surface area contributed by atoms with Crippen LogP contribution < -0.4 is 9.64 Å². The average molecular weight is 384 g/mol. The minimum absolute atomic E-state index is 0.534. The monoisotopic (exact) mass is 384 g/mol. The van der Waals surface area contributed by atoms with Gasteiger partial charge in [0.2, 0.25) is 5.88 Å². The van der Waals surface area contributed by atoms with Crippen molar-refractivity contribution in [3.8, 4) is 5.88 Å². The van der Waals surface area contributed by atoms with Crippen molar-refractivity contribution >= 4 is 5.82 Å². The highest BCUT2D eigenvalue weighted by Gasteiger charge is 2.36. The zero-order valence-electron chi connectivity index (χ0n) is 16.5. The van der Waals surface area contributed by atoms with Crippen LogP contribution in [-0.2, 0) is 24.4 Å². The number of nitrogens with zero attached hydrogens (tertiary/aromatic N) is 6. The Hall–Kier alpha value is -2.19. The van der Waals surface area contributed by atoms with Crippen LogP contribution in [0.2, 0.25) is 0 Å². The Bertz CT molecular complexity index is 789. The van der Waals surface area contributed by atoms with Gasteiger partial charge in [0.05, 0.1) is 19.4 Å². The van der Waals surface area contributed by atoms with E-state index in [0.29, 0.717) is 24.6 Å². The van der Waals surface area contributed by atoms with E-state index in [4.69, 9.17) is 14.5 Å². The third kappa shape index (κ3) is 3.71. The van der Waals surface area contributed by atoms with E-state index in [-0.39, 0.29) is 0 Å². The molecule has 0 unspecified atom stereocenters. The van der Waals surface area contributed by atoms with Gasteiger partial charge >= 0.3 is 0 Å². The normalized spacial score (nSPS) is 20.8. The summed E-state index contributed by atoms with van der Waals surface area (Å²) >= 11 is 0. The average Bonchev–Trinajstić information content (AvgIpc) is 3.48. The number of hydrogen-bond acceptors (Lipinski definition) is 7. The molecule has 5 rings (SSSR count). The minimum Gasteiger partial charge on any atom is -0.481 e. The summed E-state index contributed by atoms with van der Waals surface area (Å²) in [6.07, 6.45) is 8.64. The van der Waals surface area contributed by atoms with E-state index in [1.165, 1.54) is 18.5 Å². The van der Waals surface area contributed by atoms with Crippen molar-refractivity contribution in [2.45, 2.75) is 57.5 Å². The summed E-state index contributed by atoms with van der Waals surface area (Å²) in [4.78, 5) is 18.5. The van der Waals surface area contributed by atoms with E-state index in [1.807, 2.05) is 6.07 Å². The molecule has 4 heterocycles. The molecule has 0 atom stereocenters. The van der Waals surface area contributed by atoms with Crippen LogP contribution >= 0.6 is 0 Å². The maximum absolute atomic E-state index is 5.50. The molecule has 0 aromatic carbocycles. The van der Waals surface area contributed by atoms with Gasteiger partial charge in [0.15, 0.2) is 0 Å². The number of piperidine rings is 1. The molecule has 0 radical (unpaired) electrons. The number of ether oxygens (including phenoxy) is 2. The second-order valence-corrected chi connectivity index (χ2v) is 7.96. The second kappa shape index (κ2) is 7.67. The topological polar surface area (TPSA) is 68.5 Å². The third-order valence-electron chi connectivity index (χ3n) is 5.99. The first-order valence-electron chi connectivity index (χ1n) is 10.3. The first kappa shape index (κ1) is 17.9. The molecule has 28 heavy (non-hydrogen) atoms. The van der Waals surface area contributed by atoms with Gasteiger partial charge in [-0.3, -0.25) is 4.90 Å². The summed E-state index contributed by atoms with van der Waals surface area (Å²) in [5.74, 6) is 2.71. The highest BCUT2D eigenvalue weighted by molar-refractivity contribution is 5.45. The molecule has 1 saturated carbocycles. The summed E-state index contributed by atoms with van der Waals surface area (Å²) < 4.78 is 13.1. The van der Waals surface area contributed by atoms with E-state index in [1.54, 1.807) is 13.4 Å². The predicted molar refractivity (Wildman–Crippen MR) is 104 cm³/mol. The fourth-order valence-corrected chi connectivity index (χ4v) is 4.42. The van der Waals surface area contributed by atoms with Crippen molar-refractivity contribution in [2.24, 2.45) is 0 Å². The summed E-state index contributed by atoms with van der Waals surface area (Å²) in [5.41, 5.74) is 1.17. The van der Waals surface area contributed by atoms with Gasteiger partial charge in [-0.2, -0.15) is 0 Å². The quantitative estimate of drug-likeness (QED) is 0.753. The van der Waals surface area contributed by atoms with E-state index in [9.17, 15) is 0 Å². The van der Waals surface area contributed by atoms with Gasteiger partial charge in [0, 0.05) is 50.5 Å². The molecule has 0 spiro atoms. The number of hydrogen-bond donors (Lipinski definition) is 0. The lowest BCUT2D eigenvalue weighted by Gasteiger charge is -2.39. The lowest BCUT2D eigenvalue weighted by atomic mass is 10.0. The Balaban J connectivity index is 1.22. The highest BCUT2D eigenvalue weighted by atomic mass is 16.5. The SMILES string of the molecule is COc1cc(N(C2CC2)C2CCN(Cc3cn4c(n3)COCC4)CC2)ncn1. The summed E-state index contributed by atoms with van der Waals surface area (Å²) in [7, 11) is 1.66. The molecule has 2 aromatic heterocycles. The summed E-state index contributed by atoms with van der Waals surface area (Å²) in [5, 5.41) is 0.